The van der Waals surface area contributed by atoms with Gasteiger partial charge in [0.05, 0.1) is 7.11 Å². The van der Waals surface area contributed by atoms with Crippen LogP contribution in [0.2, 0.25) is 0 Å². The van der Waals surface area contributed by atoms with E-state index in [1.807, 2.05) is 0 Å². The smallest absolute Gasteiger partial charge is 0.119 e. The maximum absolute atomic E-state index is 5.59. The Hall–Kier alpha value is -1.70. The summed E-state index contributed by atoms with van der Waals surface area (Å²) in [7, 11) is 1.78. The van der Waals surface area contributed by atoms with E-state index in [2.05, 4.69) is 54.5 Å². The number of nitrogens with zero attached hydrogens (tertiary/aromatic N) is 1. The summed E-state index contributed by atoms with van der Waals surface area (Å²) in [5, 5.41) is 0. The van der Waals surface area contributed by atoms with Gasteiger partial charge in [-0.3, -0.25) is 0 Å². The van der Waals surface area contributed by atoms with E-state index in [1.165, 1.54) is 88.4 Å². The lowest BCUT2D eigenvalue weighted by molar-refractivity contribution is 0.0844. The molecule has 0 saturated heterocycles. The lowest BCUT2D eigenvalue weighted by Gasteiger charge is -2.57. The summed E-state index contributed by atoms with van der Waals surface area (Å²) < 4.78 is 5.59. The Labute approximate surface area is 171 Å². The number of hydrogen-bond donors (Lipinski definition) is 0. The molecule has 1 aliphatic heterocycles. The molecule has 2 atom stereocenters. The lowest BCUT2D eigenvalue weighted by Crippen LogP contribution is -2.55. The van der Waals surface area contributed by atoms with Gasteiger partial charge in [0.25, 0.3) is 0 Å². The van der Waals surface area contributed by atoms with Crippen molar-refractivity contribution in [3.8, 4) is 5.75 Å². The standard InChI is InChI=1S/C26H37NO/c1-3-4-5-6-7-10-18-27-19-17-26-15-9-8-14-25(26,21-27)16-13-22-11-12-23(28-2)20-24(22)26/h11-13,16-17,19-20H,3-10,14-15,18,21H2,1-2H3. The van der Waals surface area contributed by atoms with Gasteiger partial charge in [0.15, 0.2) is 0 Å². The number of unbranched alkanes of at least 4 members (excludes halogenated alkanes) is 5. The normalized spacial score (nSPS) is 27.9. The molecule has 1 fully saturated rings. The zero-order valence-electron chi connectivity index (χ0n) is 17.9. The fourth-order valence-corrected chi connectivity index (χ4v) is 5.90. The van der Waals surface area contributed by atoms with Crippen LogP contribution in [0.5, 0.6) is 5.75 Å². The molecule has 0 radical (unpaired) electrons. The molecule has 0 bridgehead atoms. The minimum Gasteiger partial charge on any atom is -0.497 e. The van der Waals surface area contributed by atoms with Gasteiger partial charge in [-0.2, -0.15) is 0 Å². The van der Waals surface area contributed by atoms with Crippen LogP contribution in [0, 0.1) is 5.41 Å². The molecule has 4 rings (SSSR count). The third-order valence-electron chi connectivity index (χ3n) is 7.51. The number of ether oxygens (including phenoxy) is 1. The maximum atomic E-state index is 5.59. The zero-order valence-corrected chi connectivity index (χ0v) is 17.9. The Balaban J connectivity index is 1.55. The molecule has 1 aromatic rings. The third-order valence-corrected chi connectivity index (χ3v) is 7.51. The molecule has 2 aliphatic carbocycles. The second kappa shape index (κ2) is 8.35. The second-order valence-electron chi connectivity index (χ2n) is 9.18. The molecule has 2 nitrogen and oxygen atoms in total. The van der Waals surface area contributed by atoms with Crippen molar-refractivity contribution in [1.82, 2.24) is 4.90 Å². The second-order valence-corrected chi connectivity index (χ2v) is 9.18. The SMILES string of the molecule is CCCCCCCCN1C=CC23CCCCC2(C=Cc2ccc(OC)cc23)C1. The topological polar surface area (TPSA) is 12.5 Å². The van der Waals surface area contributed by atoms with Crippen molar-refractivity contribution in [3.05, 3.63) is 47.7 Å². The average Bonchev–Trinajstić information content (AvgIpc) is 2.74. The van der Waals surface area contributed by atoms with Crippen molar-refractivity contribution in [3.63, 3.8) is 0 Å². The van der Waals surface area contributed by atoms with Crippen molar-refractivity contribution in [1.29, 1.82) is 0 Å². The van der Waals surface area contributed by atoms with Gasteiger partial charge in [0.2, 0.25) is 0 Å². The predicted molar refractivity (Wildman–Crippen MR) is 119 cm³/mol. The number of rotatable bonds is 8. The minimum absolute atomic E-state index is 0.154. The molecule has 2 heteroatoms. The Kier molecular flexibility index (Phi) is 5.85. The van der Waals surface area contributed by atoms with Crippen molar-refractivity contribution in [2.75, 3.05) is 20.2 Å². The van der Waals surface area contributed by atoms with Gasteiger partial charge in [0, 0.05) is 23.9 Å². The van der Waals surface area contributed by atoms with Crippen LogP contribution in [-0.4, -0.2) is 25.1 Å². The van der Waals surface area contributed by atoms with E-state index in [9.17, 15) is 0 Å². The fourth-order valence-electron chi connectivity index (χ4n) is 5.90. The van der Waals surface area contributed by atoms with Gasteiger partial charge in [0.1, 0.15) is 5.75 Å². The Bertz CT molecular complexity index is 736. The summed E-state index contributed by atoms with van der Waals surface area (Å²) >= 11 is 0. The third kappa shape index (κ3) is 3.40. The highest BCUT2D eigenvalue weighted by Crippen LogP contribution is 2.59. The van der Waals surface area contributed by atoms with Crippen molar-refractivity contribution >= 4 is 6.08 Å². The highest BCUT2D eigenvalue weighted by Gasteiger charge is 2.54. The molecule has 1 heterocycles. The van der Waals surface area contributed by atoms with E-state index < -0.39 is 0 Å². The number of fused-ring (bicyclic) bond motifs is 1. The summed E-state index contributed by atoms with van der Waals surface area (Å²) in [5.41, 5.74) is 3.28. The van der Waals surface area contributed by atoms with E-state index in [4.69, 9.17) is 4.74 Å². The monoisotopic (exact) mass is 379 g/mol. The zero-order chi connectivity index (χ0) is 19.5. The molecule has 0 amide bonds. The van der Waals surface area contributed by atoms with Crippen LogP contribution in [-0.2, 0) is 5.41 Å². The van der Waals surface area contributed by atoms with Crippen molar-refractivity contribution in [2.24, 2.45) is 5.41 Å². The van der Waals surface area contributed by atoms with Crippen LogP contribution in [0.1, 0.15) is 82.3 Å². The summed E-state index contributed by atoms with van der Waals surface area (Å²) in [5.74, 6) is 0.991. The number of methoxy groups -OCH3 is 1. The van der Waals surface area contributed by atoms with E-state index in [0.717, 1.165) is 5.75 Å². The summed E-state index contributed by atoms with van der Waals surface area (Å²) in [4.78, 5) is 2.61. The molecule has 152 valence electrons. The molecule has 28 heavy (non-hydrogen) atoms. The molecular weight excluding hydrogens is 342 g/mol. The van der Waals surface area contributed by atoms with Crippen LogP contribution < -0.4 is 4.74 Å². The summed E-state index contributed by atoms with van der Waals surface area (Å²) in [6.07, 6.45) is 23.4. The number of benzene rings is 1. The Morgan fingerprint density at radius 3 is 2.68 bits per heavy atom. The Morgan fingerprint density at radius 2 is 1.82 bits per heavy atom. The first-order chi connectivity index (χ1) is 13.7. The predicted octanol–water partition coefficient (Wildman–Crippen LogP) is 6.71. The fraction of sp³-hybridized carbons (Fsp3) is 0.615. The van der Waals surface area contributed by atoms with Gasteiger partial charge in [-0.05, 0) is 48.7 Å². The van der Waals surface area contributed by atoms with E-state index in [-0.39, 0.29) is 10.8 Å². The van der Waals surface area contributed by atoms with Gasteiger partial charge < -0.3 is 9.64 Å². The Morgan fingerprint density at radius 1 is 1.00 bits per heavy atom. The van der Waals surface area contributed by atoms with Crippen LogP contribution in [0.4, 0.5) is 0 Å². The molecule has 0 aromatic heterocycles. The first kappa shape index (κ1) is 19.6. The molecule has 1 saturated carbocycles. The van der Waals surface area contributed by atoms with Crippen molar-refractivity contribution < 1.29 is 4.74 Å². The van der Waals surface area contributed by atoms with Crippen LogP contribution in [0.25, 0.3) is 6.08 Å². The highest BCUT2D eigenvalue weighted by atomic mass is 16.5. The van der Waals surface area contributed by atoms with Crippen LogP contribution in [0.3, 0.4) is 0 Å². The highest BCUT2D eigenvalue weighted by molar-refractivity contribution is 5.65. The molecule has 0 spiro atoms. The van der Waals surface area contributed by atoms with Crippen LogP contribution >= 0.6 is 0 Å². The number of allylic oxidation sites excluding steroid dienone is 1. The molecule has 3 aliphatic rings. The molecular formula is C26H37NO. The average molecular weight is 380 g/mol. The quantitative estimate of drug-likeness (QED) is 0.465. The van der Waals surface area contributed by atoms with Gasteiger partial charge in [-0.1, -0.05) is 76.2 Å². The summed E-state index contributed by atoms with van der Waals surface area (Å²) in [6, 6.07) is 6.66. The van der Waals surface area contributed by atoms with E-state index in [1.54, 1.807) is 7.11 Å². The van der Waals surface area contributed by atoms with E-state index in [0.29, 0.717) is 0 Å². The first-order valence-corrected chi connectivity index (χ1v) is 11.5. The molecule has 0 N–H and O–H groups in total. The maximum Gasteiger partial charge on any atom is 0.119 e. The largest absolute Gasteiger partial charge is 0.497 e. The molecule has 2 unspecified atom stereocenters. The summed E-state index contributed by atoms with van der Waals surface area (Å²) in [6.45, 7) is 4.67. The van der Waals surface area contributed by atoms with E-state index >= 15 is 0 Å². The van der Waals surface area contributed by atoms with Crippen LogP contribution in [0.15, 0.2) is 36.6 Å². The van der Waals surface area contributed by atoms with Crippen molar-refractivity contribution in [2.45, 2.75) is 76.5 Å². The van der Waals surface area contributed by atoms with Gasteiger partial charge in [-0.15, -0.1) is 0 Å². The van der Waals surface area contributed by atoms with Gasteiger partial charge in [-0.25, -0.2) is 0 Å². The first-order valence-electron chi connectivity index (χ1n) is 11.5. The van der Waals surface area contributed by atoms with Gasteiger partial charge >= 0.3 is 0 Å². The minimum atomic E-state index is 0.154. The molecule has 1 aromatic carbocycles. The lowest BCUT2D eigenvalue weighted by atomic mass is 9.49. The number of hydrogen-bond acceptors (Lipinski definition) is 2.